The van der Waals surface area contributed by atoms with E-state index in [-0.39, 0.29) is 42.5 Å². The fourth-order valence-electron chi connectivity index (χ4n) is 3.12. The molecule has 0 aliphatic carbocycles. The maximum absolute atomic E-state index is 14.4. The highest BCUT2D eigenvalue weighted by molar-refractivity contribution is 5.93. The summed E-state index contributed by atoms with van der Waals surface area (Å²) < 4.78 is 16.4. The van der Waals surface area contributed by atoms with Gasteiger partial charge in [-0.1, -0.05) is 13.3 Å². The molecule has 0 saturated carbocycles. The maximum Gasteiger partial charge on any atom is 0.228 e. The molecule has 1 aliphatic rings. The lowest BCUT2D eigenvalue weighted by Gasteiger charge is -2.13. The van der Waals surface area contributed by atoms with Crippen LogP contribution < -0.4 is 10.6 Å². The number of carbonyl (C=O) groups is 1. The highest BCUT2D eigenvalue weighted by Crippen LogP contribution is 2.27. The van der Waals surface area contributed by atoms with Crippen molar-refractivity contribution < 1.29 is 9.18 Å². The Kier molecular flexibility index (Phi) is 9.15. The van der Waals surface area contributed by atoms with Gasteiger partial charge in [-0.2, -0.15) is 0 Å². The van der Waals surface area contributed by atoms with Crippen LogP contribution in [0.5, 0.6) is 0 Å². The molecule has 2 heterocycles. The molecular weight excluding hydrogens is 392 g/mol. The Morgan fingerprint density at radius 3 is 2.78 bits per heavy atom. The van der Waals surface area contributed by atoms with Crippen molar-refractivity contribution in [2.24, 2.45) is 5.92 Å². The zero-order valence-corrected chi connectivity index (χ0v) is 17.1. The second-order valence-corrected chi connectivity index (χ2v) is 6.54. The minimum atomic E-state index is -0.360. The van der Waals surface area contributed by atoms with Crippen LogP contribution in [0.4, 0.5) is 10.1 Å². The second-order valence-electron chi connectivity index (χ2n) is 6.54. The summed E-state index contributed by atoms with van der Waals surface area (Å²) in [5.74, 6) is 0.799. The fourth-order valence-corrected chi connectivity index (χ4v) is 3.12. The summed E-state index contributed by atoms with van der Waals surface area (Å²) in [5.41, 5.74) is 0.940. The minimum Gasteiger partial charge on any atom is -0.326 e. The lowest BCUT2D eigenvalue weighted by molar-refractivity contribution is -0.119. The Hall–Kier alpha value is -1.70. The summed E-state index contributed by atoms with van der Waals surface area (Å²) in [4.78, 5) is 12.2. The monoisotopic (exact) mass is 417 g/mol. The van der Waals surface area contributed by atoms with Crippen molar-refractivity contribution >= 4 is 36.4 Å². The quantitative estimate of drug-likeness (QED) is 0.781. The summed E-state index contributed by atoms with van der Waals surface area (Å²) in [5, 5.41) is 14.3. The second kappa shape index (κ2) is 10.6. The van der Waals surface area contributed by atoms with E-state index in [0.29, 0.717) is 23.6 Å². The highest BCUT2D eigenvalue weighted by Gasteiger charge is 2.20. The molecule has 0 radical (unpaired) electrons. The van der Waals surface area contributed by atoms with Crippen molar-refractivity contribution in [1.29, 1.82) is 0 Å². The van der Waals surface area contributed by atoms with Gasteiger partial charge in [0, 0.05) is 31.1 Å². The maximum atomic E-state index is 14.4. The van der Waals surface area contributed by atoms with Gasteiger partial charge in [0.05, 0.1) is 5.56 Å². The van der Waals surface area contributed by atoms with Crippen LogP contribution in [0, 0.1) is 11.7 Å². The average molecular weight is 418 g/mol. The van der Waals surface area contributed by atoms with E-state index in [1.54, 1.807) is 19.2 Å². The fraction of sp³-hybridized carbons (Fsp3) is 0.500. The van der Waals surface area contributed by atoms with Crippen molar-refractivity contribution in [3.8, 4) is 11.4 Å². The third-order valence-electron chi connectivity index (χ3n) is 4.54. The molecule has 1 atom stereocenters. The van der Waals surface area contributed by atoms with Gasteiger partial charge in [-0.3, -0.25) is 4.79 Å². The lowest BCUT2D eigenvalue weighted by atomic mass is 10.1. The van der Waals surface area contributed by atoms with E-state index >= 15 is 0 Å². The minimum absolute atomic E-state index is 0. The Morgan fingerprint density at radius 1 is 1.26 bits per heavy atom. The molecule has 0 bridgehead atoms. The van der Waals surface area contributed by atoms with Crippen LogP contribution in [0.3, 0.4) is 0 Å². The van der Waals surface area contributed by atoms with Gasteiger partial charge in [0.25, 0.3) is 0 Å². The number of fused-ring (bicyclic) bond motifs is 1. The molecule has 0 saturated heterocycles. The van der Waals surface area contributed by atoms with Crippen molar-refractivity contribution in [2.75, 3.05) is 18.9 Å². The lowest BCUT2D eigenvalue weighted by Crippen LogP contribution is -2.28. The van der Waals surface area contributed by atoms with E-state index in [1.807, 2.05) is 11.5 Å². The molecule has 2 N–H and O–H groups in total. The summed E-state index contributed by atoms with van der Waals surface area (Å²) in [6.07, 6.45) is 4.13. The molecule has 1 aromatic carbocycles. The Balaban J connectivity index is 0.00000182. The van der Waals surface area contributed by atoms with Crippen LogP contribution in [0.25, 0.3) is 11.4 Å². The number of rotatable bonds is 5. The van der Waals surface area contributed by atoms with Crippen LogP contribution in [0.2, 0.25) is 0 Å². The molecule has 150 valence electrons. The van der Waals surface area contributed by atoms with Gasteiger partial charge in [-0.15, -0.1) is 35.0 Å². The molecule has 3 rings (SSSR count). The van der Waals surface area contributed by atoms with Gasteiger partial charge < -0.3 is 15.2 Å². The van der Waals surface area contributed by atoms with E-state index in [4.69, 9.17) is 0 Å². The molecule has 0 fully saturated rings. The number of aromatic nitrogens is 3. The molecule has 1 unspecified atom stereocenters. The largest absolute Gasteiger partial charge is 0.326 e. The Bertz CT molecular complexity index is 768. The topological polar surface area (TPSA) is 71.8 Å². The number of nitrogens with zero attached hydrogens (tertiary/aromatic N) is 3. The normalized spacial score (nSPS) is 14.2. The van der Waals surface area contributed by atoms with Gasteiger partial charge >= 0.3 is 0 Å². The van der Waals surface area contributed by atoms with Crippen molar-refractivity contribution in [2.45, 2.75) is 39.2 Å². The number of aryl methyl sites for hydroxylation is 1. The third-order valence-corrected chi connectivity index (χ3v) is 4.54. The van der Waals surface area contributed by atoms with Crippen LogP contribution in [0.1, 0.15) is 32.0 Å². The molecule has 2 aromatic rings. The van der Waals surface area contributed by atoms with Crippen molar-refractivity contribution in [3.63, 3.8) is 0 Å². The van der Waals surface area contributed by atoms with Crippen LogP contribution in [-0.4, -0.2) is 34.3 Å². The molecule has 27 heavy (non-hydrogen) atoms. The molecule has 1 aromatic heterocycles. The van der Waals surface area contributed by atoms with Gasteiger partial charge in [0.1, 0.15) is 11.6 Å². The molecular formula is C18H26Cl2FN5O. The number of hydrogen-bond acceptors (Lipinski definition) is 4. The predicted molar refractivity (Wildman–Crippen MR) is 109 cm³/mol. The van der Waals surface area contributed by atoms with Crippen molar-refractivity contribution in [1.82, 2.24) is 20.1 Å². The summed E-state index contributed by atoms with van der Waals surface area (Å²) in [7, 11) is 1.80. The van der Waals surface area contributed by atoms with Gasteiger partial charge in [0.15, 0.2) is 5.82 Å². The first-order valence-electron chi connectivity index (χ1n) is 8.77. The Labute approximate surface area is 171 Å². The number of amides is 1. The first-order valence-corrected chi connectivity index (χ1v) is 8.77. The van der Waals surface area contributed by atoms with Gasteiger partial charge in [-0.25, -0.2) is 4.39 Å². The SMILES string of the molecule is CNCC(C)C(=O)Nc1ccc(F)c(-c2nnc3n2CCCCC3)c1.Cl.Cl. The number of benzene rings is 1. The zero-order chi connectivity index (χ0) is 17.8. The third kappa shape index (κ3) is 5.40. The number of hydrogen-bond donors (Lipinski definition) is 2. The van der Waals surface area contributed by atoms with E-state index in [9.17, 15) is 9.18 Å². The highest BCUT2D eigenvalue weighted by atomic mass is 35.5. The average Bonchev–Trinajstić information content (AvgIpc) is 2.84. The number of carbonyl (C=O) groups excluding carboxylic acids is 1. The Morgan fingerprint density at radius 2 is 2.04 bits per heavy atom. The standard InChI is InChI=1S/C18H24FN5O.2ClH/c1-12(11-20-2)18(25)21-13-7-8-15(19)14(10-13)17-23-22-16-6-4-3-5-9-24(16)17;;/h7-8,10,12,20H,3-6,9,11H2,1-2H3,(H,21,25);2*1H. The van der Waals surface area contributed by atoms with Crippen molar-refractivity contribution in [3.05, 3.63) is 29.8 Å². The first-order chi connectivity index (χ1) is 12.1. The summed E-state index contributed by atoms with van der Waals surface area (Å²) >= 11 is 0. The molecule has 1 aliphatic heterocycles. The van der Waals surface area contributed by atoms with Crippen LogP contribution in [-0.2, 0) is 17.8 Å². The molecule has 1 amide bonds. The van der Waals surface area contributed by atoms with Gasteiger partial charge in [0.2, 0.25) is 5.91 Å². The number of anilines is 1. The van der Waals surface area contributed by atoms with E-state index in [1.165, 1.54) is 6.07 Å². The number of nitrogens with one attached hydrogen (secondary N) is 2. The van der Waals surface area contributed by atoms with E-state index in [0.717, 1.165) is 38.1 Å². The molecule has 9 heteroatoms. The van der Waals surface area contributed by atoms with Crippen LogP contribution in [0.15, 0.2) is 18.2 Å². The smallest absolute Gasteiger partial charge is 0.228 e. The summed E-state index contributed by atoms with van der Waals surface area (Å²) in [6.45, 7) is 3.22. The van der Waals surface area contributed by atoms with Crippen LogP contribution >= 0.6 is 24.8 Å². The predicted octanol–water partition coefficient (Wildman–Crippen LogP) is 3.45. The first kappa shape index (κ1) is 23.3. The van der Waals surface area contributed by atoms with Gasteiger partial charge in [-0.05, 0) is 38.1 Å². The molecule has 0 spiro atoms. The zero-order valence-electron chi connectivity index (χ0n) is 15.5. The summed E-state index contributed by atoms with van der Waals surface area (Å²) in [6, 6.07) is 4.58. The molecule has 6 nitrogen and oxygen atoms in total. The van der Waals surface area contributed by atoms with E-state index in [2.05, 4.69) is 20.8 Å². The van der Waals surface area contributed by atoms with E-state index < -0.39 is 0 Å². The number of halogens is 3.